The number of aromatic nitrogens is 2. The van der Waals surface area contributed by atoms with Gasteiger partial charge in [-0.15, -0.1) is 0 Å². The Morgan fingerprint density at radius 1 is 1.43 bits per heavy atom. The summed E-state index contributed by atoms with van der Waals surface area (Å²) in [5.74, 6) is 0.734. The van der Waals surface area contributed by atoms with Crippen LogP contribution in [0.1, 0.15) is 55.3 Å². The van der Waals surface area contributed by atoms with Gasteiger partial charge < -0.3 is 0 Å². The standard InChI is InChI=1S/C20H23AsF3N3O/c1-3-21(15-7-6-14(11-25)17(9-15)20(22,23)24)16-5-4-8-19(28,10-16)18-12-26-13(2)27-18/h6-7,9,12,16,28H,3-5,8,10H2,1-2H3,(H,26,27). The summed E-state index contributed by atoms with van der Waals surface area (Å²) < 4.78 is 41.1. The summed E-state index contributed by atoms with van der Waals surface area (Å²) in [7, 11) is 0. The number of imidazole rings is 1. The van der Waals surface area contributed by atoms with Crippen LogP contribution in [0.15, 0.2) is 24.4 Å². The molecule has 2 aromatic rings. The van der Waals surface area contributed by atoms with Gasteiger partial charge in [-0.1, -0.05) is 0 Å². The van der Waals surface area contributed by atoms with E-state index < -0.39 is 32.0 Å². The van der Waals surface area contributed by atoms with E-state index in [1.807, 2.05) is 13.8 Å². The summed E-state index contributed by atoms with van der Waals surface area (Å²) in [5.41, 5.74) is -1.60. The van der Waals surface area contributed by atoms with Gasteiger partial charge >= 0.3 is 167 Å². The second kappa shape index (κ2) is 7.93. The first-order valence-corrected chi connectivity index (χ1v) is 12.7. The third-order valence-corrected chi connectivity index (χ3v) is 11.6. The van der Waals surface area contributed by atoms with Crippen LogP contribution in [0.25, 0.3) is 0 Å². The van der Waals surface area contributed by atoms with Crippen LogP contribution in [0.4, 0.5) is 13.2 Å². The Labute approximate surface area is 167 Å². The van der Waals surface area contributed by atoms with Crippen LogP contribution >= 0.6 is 0 Å². The van der Waals surface area contributed by atoms with Crippen molar-refractivity contribution in [2.45, 2.75) is 61.2 Å². The van der Waals surface area contributed by atoms with Gasteiger partial charge in [0.05, 0.1) is 0 Å². The molecule has 150 valence electrons. The predicted octanol–water partition coefficient (Wildman–Crippen LogP) is 4.16. The maximum absolute atomic E-state index is 13.4. The molecule has 0 saturated heterocycles. The fourth-order valence-corrected chi connectivity index (χ4v) is 10.1. The van der Waals surface area contributed by atoms with Gasteiger partial charge in [0, 0.05) is 0 Å². The fourth-order valence-electron chi connectivity index (χ4n) is 4.07. The summed E-state index contributed by atoms with van der Waals surface area (Å²) in [6.45, 7) is 3.84. The number of aryl methyl sites for hydroxylation is 1. The summed E-state index contributed by atoms with van der Waals surface area (Å²) in [4.78, 5) is 7.40. The number of hydrogen-bond acceptors (Lipinski definition) is 3. The van der Waals surface area contributed by atoms with E-state index in [4.69, 9.17) is 5.26 Å². The molecule has 0 bridgehead atoms. The third-order valence-electron chi connectivity index (χ3n) is 5.43. The van der Waals surface area contributed by atoms with E-state index in [-0.39, 0.29) is 10.3 Å². The van der Waals surface area contributed by atoms with Crippen molar-refractivity contribution in [2.24, 2.45) is 0 Å². The zero-order valence-corrected chi connectivity index (χ0v) is 17.7. The summed E-state index contributed by atoms with van der Waals surface area (Å²) in [6, 6.07) is 5.80. The molecule has 28 heavy (non-hydrogen) atoms. The molecule has 1 fully saturated rings. The minimum absolute atomic E-state index is 0.183. The Kier molecular flexibility index (Phi) is 5.93. The molecule has 1 aliphatic carbocycles. The number of halogens is 3. The molecule has 1 heterocycles. The zero-order chi connectivity index (χ0) is 20.5. The molecule has 0 aliphatic heterocycles. The van der Waals surface area contributed by atoms with Crippen molar-refractivity contribution >= 4 is 19.0 Å². The van der Waals surface area contributed by atoms with Crippen molar-refractivity contribution in [3.05, 3.63) is 47.0 Å². The number of nitriles is 1. The Balaban J connectivity index is 1.92. The van der Waals surface area contributed by atoms with Crippen LogP contribution in [0, 0.1) is 18.3 Å². The van der Waals surface area contributed by atoms with Gasteiger partial charge in [0.15, 0.2) is 0 Å². The minimum atomic E-state index is -4.55. The first-order valence-electron chi connectivity index (χ1n) is 9.31. The van der Waals surface area contributed by atoms with Crippen LogP contribution in [0.5, 0.6) is 0 Å². The van der Waals surface area contributed by atoms with Gasteiger partial charge in [0.2, 0.25) is 0 Å². The molecule has 0 amide bonds. The Hall–Kier alpha value is -1.77. The first kappa shape index (κ1) is 20.9. The van der Waals surface area contributed by atoms with Gasteiger partial charge in [-0.25, -0.2) is 0 Å². The predicted molar refractivity (Wildman–Crippen MR) is 101 cm³/mol. The van der Waals surface area contributed by atoms with Crippen molar-refractivity contribution in [1.29, 1.82) is 5.26 Å². The van der Waals surface area contributed by atoms with Crippen LogP contribution < -0.4 is 4.35 Å². The maximum atomic E-state index is 13.4. The van der Waals surface area contributed by atoms with Crippen molar-refractivity contribution in [1.82, 2.24) is 9.97 Å². The van der Waals surface area contributed by atoms with E-state index in [0.29, 0.717) is 22.9 Å². The topological polar surface area (TPSA) is 72.7 Å². The monoisotopic (exact) mass is 453 g/mol. The van der Waals surface area contributed by atoms with Gasteiger partial charge in [-0.2, -0.15) is 0 Å². The van der Waals surface area contributed by atoms with E-state index in [1.54, 1.807) is 18.3 Å². The van der Waals surface area contributed by atoms with E-state index in [9.17, 15) is 18.3 Å². The number of aliphatic hydroxyl groups is 1. The number of nitrogens with zero attached hydrogens (tertiary/aromatic N) is 2. The molecular weight excluding hydrogens is 430 g/mol. The first-order chi connectivity index (χ1) is 13.2. The van der Waals surface area contributed by atoms with Crippen molar-refractivity contribution in [3.8, 4) is 6.07 Å². The summed E-state index contributed by atoms with van der Waals surface area (Å²) in [5, 5.41) is 21.0. The average molecular weight is 453 g/mol. The van der Waals surface area contributed by atoms with Crippen molar-refractivity contribution < 1.29 is 18.3 Å². The van der Waals surface area contributed by atoms with Gasteiger partial charge in [-0.05, 0) is 0 Å². The molecule has 1 aliphatic rings. The van der Waals surface area contributed by atoms with Gasteiger partial charge in [0.1, 0.15) is 0 Å². The number of hydrogen-bond donors (Lipinski definition) is 2. The Morgan fingerprint density at radius 2 is 2.18 bits per heavy atom. The number of aromatic amines is 1. The van der Waals surface area contributed by atoms with Crippen LogP contribution in [0.2, 0.25) is 9.91 Å². The quantitative estimate of drug-likeness (QED) is 0.683. The van der Waals surface area contributed by atoms with Crippen LogP contribution in [-0.4, -0.2) is 29.7 Å². The molecule has 1 aromatic carbocycles. The van der Waals surface area contributed by atoms with Crippen LogP contribution in [0.3, 0.4) is 0 Å². The fraction of sp³-hybridized carbons (Fsp3) is 0.500. The van der Waals surface area contributed by atoms with Gasteiger partial charge in [0.25, 0.3) is 0 Å². The molecule has 3 unspecified atom stereocenters. The van der Waals surface area contributed by atoms with Crippen LogP contribution in [-0.2, 0) is 11.8 Å². The SMILES string of the molecule is CC[As](c1ccc(C#N)c(C(F)(F)F)c1)C1CCCC(O)(c2c[nH]c(C)n2)C1. The molecular formula is C20H23AsF3N3O. The molecule has 4 nitrogen and oxygen atoms in total. The average Bonchev–Trinajstić information content (AvgIpc) is 3.09. The number of benzene rings is 1. The second-order valence-corrected chi connectivity index (χ2v) is 13.2. The molecule has 1 saturated carbocycles. The number of nitrogens with one attached hydrogen (secondary N) is 1. The van der Waals surface area contributed by atoms with E-state index >= 15 is 0 Å². The molecule has 8 heteroatoms. The van der Waals surface area contributed by atoms with Crippen molar-refractivity contribution in [3.63, 3.8) is 0 Å². The Morgan fingerprint density at radius 3 is 2.75 bits per heavy atom. The molecule has 1 aromatic heterocycles. The molecule has 0 spiro atoms. The molecule has 3 rings (SSSR count). The number of rotatable bonds is 4. The number of H-pyrrole nitrogens is 1. The molecule has 3 atom stereocenters. The van der Waals surface area contributed by atoms with Crippen molar-refractivity contribution in [2.75, 3.05) is 0 Å². The van der Waals surface area contributed by atoms with E-state index in [0.717, 1.165) is 23.9 Å². The van der Waals surface area contributed by atoms with E-state index in [2.05, 4.69) is 9.97 Å². The van der Waals surface area contributed by atoms with Gasteiger partial charge in [-0.3, -0.25) is 0 Å². The Bertz CT molecular complexity index is 890. The summed E-state index contributed by atoms with van der Waals surface area (Å²) in [6.07, 6.45) is 0.0360. The zero-order valence-electron chi connectivity index (χ0n) is 15.8. The second-order valence-electron chi connectivity index (χ2n) is 7.28. The number of alkyl halides is 3. The normalized spacial score (nSPS) is 24.0. The third kappa shape index (κ3) is 4.13. The van der Waals surface area contributed by atoms with E-state index in [1.165, 1.54) is 12.1 Å². The molecule has 2 N–H and O–H groups in total. The molecule has 0 radical (unpaired) electrons. The summed E-state index contributed by atoms with van der Waals surface area (Å²) >= 11 is -1.87.